The smallest absolute Gasteiger partial charge is 0.264 e. The number of amides is 1. The maximum atomic E-state index is 13.4. The second kappa shape index (κ2) is 11.3. The van der Waals surface area contributed by atoms with Crippen LogP contribution < -0.4 is 19.1 Å². The monoisotopic (exact) mass is 502 g/mol. The normalized spacial score (nSPS) is 12.0. The van der Waals surface area contributed by atoms with E-state index in [0.29, 0.717) is 16.5 Å². The first kappa shape index (κ1) is 25.4. The molecule has 1 atom stereocenters. The molecular weight excluding hydrogens is 476 g/mol. The summed E-state index contributed by atoms with van der Waals surface area (Å²) in [7, 11) is -2.54. The number of rotatable bonds is 10. The predicted molar refractivity (Wildman–Crippen MR) is 133 cm³/mol. The zero-order valence-electron chi connectivity index (χ0n) is 19.2. The topological polar surface area (TPSA) is 84.9 Å². The first-order valence-corrected chi connectivity index (χ1v) is 12.4. The number of carbonyl (C=O) groups is 1. The van der Waals surface area contributed by atoms with Crippen LogP contribution in [0.3, 0.4) is 0 Å². The molecule has 0 bridgehead atoms. The molecule has 0 aliphatic rings. The van der Waals surface area contributed by atoms with Crippen LogP contribution in [0.1, 0.15) is 12.5 Å². The van der Waals surface area contributed by atoms with Crippen LogP contribution in [0.4, 0.5) is 5.69 Å². The van der Waals surface area contributed by atoms with Crippen molar-refractivity contribution in [1.29, 1.82) is 0 Å². The first-order valence-electron chi connectivity index (χ1n) is 10.6. The molecule has 0 heterocycles. The molecule has 9 heteroatoms. The Morgan fingerprint density at radius 2 is 1.68 bits per heavy atom. The second-order valence-electron chi connectivity index (χ2n) is 7.71. The van der Waals surface area contributed by atoms with Crippen molar-refractivity contribution < 1.29 is 22.7 Å². The zero-order valence-corrected chi connectivity index (χ0v) is 20.8. The van der Waals surface area contributed by atoms with Gasteiger partial charge in [-0.05, 0) is 74.0 Å². The van der Waals surface area contributed by atoms with Crippen LogP contribution in [0.15, 0.2) is 77.7 Å². The van der Waals surface area contributed by atoms with Crippen molar-refractivity contribution in [2.75, 3.05) is 24.6 Å². The quantitative estimate of drug-likeness (QED) is 0.443. The molecule has 180 valence electrons. The number of benzene rings is 3. The highest BCUT2D eigenvalue weighted by Gasteiger charge is 2.27. The Labute approximate surface area is 205 Å². The highest BCUT2D eigenvalue weighted by atomic mass is 35.5. The molecule has 0 aliphatic carbocycles. The molecular formula is C25H27ClN2O5S. The summed E-state index contributed by atoms with van der Waals surface area (Å²) < 4.78 is 38.8. The first-order chi connectivity index (χ1) is 16.2. The SMILES string of the molecule is COc1ccc(S(=O)(=O)N(CC(=O)NC(C)COc2ccccc2C)c2ccc(Cl)cc2)cc1. The zero-order chi connectivity index (χ0) is 24.7. The standard InChI is InChI=1S/C25H27ClN2O5S/c1-18-6-4-5-7-24(18)33-17-19(2)27-25(29)16-28(21-10-8-20(26)9-11-21)34(30,31)23-14-12-22(32-3)13-15-23/h4-15,19H,16-17H2,1-3H3,(H,27,29). The molecule has 7 nitrogen and oxygen atoms in total. The Hall–Kier alpha value is -3.23. The number of sulfonamides is 1. The Morgan fingerprint density at radius 3 is 2.29 bits per heavy atom. The van der Waals surface area contributed by atoms with Gasteiger partial charge in [-0.15, -0.1) is 0 Å². The lowest BCUT2D eigenvalue weighted by Crippen LogP contribution is -2.45. The number of aryl methyl sites for hydroxylation is 1. The number of para-hydroxylation sites is 1. The molecule has 3 rings (SSSR count). The molecule has 0 aromatic heterocycles. The van der Waals surface area contributed by atoms with Crippen LogP contribution in [0, 0.1) is 6.92 Å². The number of hydrogen-bond donors (Lipinski definition) is 1. The molecule has 1 unspecified atom stereocenters. The lowest BCUT2D eigenvalue weighted by Gasteiger charge is -2.25. The van der Waals surface area contributed by atoms with Crippen LogP contribution in [-0.4, -0.2) is 40.6 Å². The molecule has 1 amide bonds. The van der Waals surface area contributed by atoms with E-state index in [0.717, 1.165) is 15.6 Å². The highest BCUT2D eigenvalue weighted by Crippen LogP contribution is 2.26. The summed E-state index contributed by atoms with van der Waals surface area (Å²) in [5, 5.41) is 3.26. The van der Waals surface area contributed by atoms with Gasteiger partial charge in [0.15, 0.2) is 0 Å². The van der Waals surface area contributed by atoms with Crippen LogP contribution >= 0.6 is 11.6 Å². The third kappa shape index (κ3) is 6.42. The Bertz CT molecular complexity index is 1210. The number of hydrogen-bond acceptors (Lipinski definition) is 5. The second-order valence-corrected chi connectivity index (χ2v) is 10.0. The van der Waals surface area contributed by atoms with Crippen LogP contribution in [0.2, 0.25) is 5.02 Å². The average molecular weight is 503 g/mol. The van der Waals surface area contributed by atoms with Gasteiger partial charge >= 0.3 is 0 Å². The van der Waals surface area contributed by atoms with Crippen molar-refractivity contribution in [2.45, 2.75) is 24.8 Å². The summed E-state index contributed by atoms with van der Waals surface area (Å²) >= 11 is 5.98. The lowest BCUT2D eigenvalue weighted by atomic mass is 10.2. The van der Waals surface area contributed by atoms with Crippen LogP contribution in [-0.2, 0) is 14.8 Å². The van der Waals surface area contributed by atoms with E-state index >= 15 is 0 Å². The van der Waals surface area contributed by atoms with Crippen molar-refractivity contribution in [3.8, 4) is 11.5 Å². The van der Waals surface area contributed by atoms with Gasteiger partial charge in [-0.25, -0.2) is 8.42 Å². The molecule has 0 fully saturated rings. The molecule has 0 saturated carbocycles. The van der Waals surface area contributed by atoms with E-state index in [1.54, 1.807) is 43.3 Å². The predicted octanol–water partition coefficient (Wildman–Crippen LogP) is 4.44. The number of halogens is 1. The molecule has 3 aromatic carbocycles. The third-order valence-corrected chi connectivity index (χ3v) is 7.08. The van der Waals surface area contributed by atoms with Gasteiger partial charge < -0.3 is 14.8 Å². The van der Waals surface area contributed by atoms with Crippen molar-refractivity contribution in [3.05, 3.63) is 83.4 Å². The van der Waals surface area contributed by atoms with Crippen molar-refractivity contribution in [3.63, 3.8) is 0 Å². The molecule has 3 aromatic rings. The fourth-order valence-corrected chi connectivity index (χ4v) is 4.77. The fraction of sp³-hybridized carbons (Fsp3) is 0.240. The Kier molecular flexibility index (Phi) is 8.41. The number of methoxy groups -OCH3 is 1. The van der Waals surface area contributed by atoms with Gasteiger partial charge in [0.2, 0.25) is 5.91 Å². The summed E-state index contributed by atoms with van der Waals surface area (Å²) in [6.07, 6.45) is 0. The molecule has 0 aliphatic heterocycles. The van der Waals surface area contributed by atoms with Gasteiger partial charge in [-0.2, -0.15) is 0 Å². The molecule has 0 saturated heterocycles. The van der Waals surface area contributed by atoms with E-state index in [1.165, 1.54) is 19.2 Å². The molecule has 0 spiro atoms. The fourth-order valence-electron chi connectivity index (χ4n) is 3.22. The maximum absolute atomic E-state index is 13.4. The summed E-state index contributed by atoms with van der Waals surface area (Å²) in [6, 6.07) is 19.5. The van der Waals surface area contributed by atoms with Gasteiger partial charge in [-0.3, -0.25) is 9.10 Å². The third-order valence-electron chi connectivity index (χ3n) is 5.04. The van der Waals surface area contributed by atoms with Gasteiger partial charge in [0, 0.05) is 5.02 Å². The van der Waals surface area contributed by atoms with E-state index in [9.17, 15) is 13.2 Å². The van der Waals surface area contributed by atoms with E-state index in [-0.39, 0.29) is 17.5 Å². The molecule has 1 N–H and O–H groups in total. The van der Waals surface area contributed by atoms with Crippen LogP contribution in [0.5, 0.6) is 11.5 Å². The van der Waals surface area contributed by atoms with Crippen LogP contribution in [0.25, 0.3) is 0 Å². The van der Waals surface area contributed by atoms with Crippen molar-refractivity contribution in [1.82, 2.24) is 5.32 Å². The van der Waals surface area contributed by atoms with Crippen molar-refractivity contribution >= 4 is 33.2 Å². The number of nitrogens with zero attached hydrogens (tertiary/aromatic N) is 1. The Morgan fingerprint density at radius 1 is 1.03 bits per heavy atom. The Balaban J connectivity index is 1.76. The van der Waals surface area contributed by atoms with Gasteiger partial charge in [0.25, 0.3) is 10.0 Å². The van der Waals surface area contributed by atoms with E-state index in [1.807, 2.05) is 31.2 Å². The van der Waals surface area contributed by atoms with E-state index in [4.69, 9.17) is 21.1 Å². The number of ether oxygens (including phenoxy) is 2. The number of nitrogens with one attached hydrogen (secondary N) is 1. The minimum Gasteiger partial charge on any atom is -0.497 e. The number of carbonyl (C=O) groups excluding carboxylic acids is 1. The maximum Gasteiger partial charge on any atom is 0.264 e. The average Bonchev–Trinajstić information content (AvgIpc) is 2.82. The highest BCUT2D eigenvalue weighted by molar-refractivity contribution is 7.92. The van der Waals surface area contributed by atoms with E-state index in [2.05, 4.69) is 5.32 Å². The minimum atomic E-state index is -4.04. The van der Waals surface area contributed by atoms with Gasteiger partial charge in [0.05, 0.1) is 23.7 Å². The van der Waals surface area contributed by atoms with Gasteiger partial charge in [-0.1, -0.05) is 29.8 Å². The van der Waals surface area contributed by atoms with Crippen molar-refractivity contribution in [2.24, 2.45) is 0 Å². The summed E-state index contributed by atoms with van der Waals surface area (Å²) in [6.45, 7) is 3.56. The molecule has 0 radical (unpaired) electrons. The van der Waals surface area contributed by atoms with Gasteiger partial charge in [0.1, 0.15) is 24.7 Å². The largest absolute Gasteiger partial charge is 0.497 e. The van der Waals surface area contributed by atoms with E-state index < -0.39 is 22.5 Å². The lowest BCUT2D eigenvalue weighted by molar-refractivity contribution is -0.120. The summed E-state index contributed by atoms with van der Waals surface area (Å²) in [5.41, 5.74) is 1.31. The summed E-state index contributed by atoms with van der Waals surface area (Å²) in [4.78, 5) is 12.9. The molecule has 34 heavy (non-hydrogen) atoms. The minimum absolute atomic E-state index is 0.0342. The number of anilines is 1. The summed E-state index contributed by atoms with van der Waals surface area (Å²) in [5.74, 6) is 0.790.